The van der Waals surface area contributed by atoms with Gasteiger partial charge in [-0.25, -0.2) is 0 Å². The van der Waals surface area contributed by atoms with Crippen molar-refractivity contribution in [3.05, 3.63) is 62.3 Å². The summed E-state index contributed by atoms with van der Waals surface area (Å²) < 4.78 is 2.17. The zero-order valence-electron chi connectivity index (χ0n) is 11.7. The van der Waals surface area contributed by atoms with Gasteiger partial charge in [0, 0.05) is 21.3 Å². The van der Waals surface area contributed by atoms with Gasteiger partial charge in [0.15, 0.2) is 0 Å². The van der Waals surface area contributed by atoms with Crippen LogP contribution >= 0.6 is 31.9 Å². The first-order valence-electron chi connectivity index (χ1n) is 6.71. The van der Waals surface area contributed by atoms with Crippen molar-refractivity contribution in [3.63, 3.8) is 0 Å². The Hall–Kier alpha value is -0.710. The summed E-state index contributed by atoms with van der Waals surface area (Å²) in [5.74, 6) is 0. The molecule has 4 heteroatoms. The first-order valence-corrected chi connectivity index (χ1v) is 8.30. The molecule has 1 atom stereocenters. The second kappa shape index (κ2) is 7.34. The molecule has 106 valence electrons. The fraction of sp³-hybridized carbons (Fsp3) is 0.312. The van der Waals surface area contributed by atoms with Crippen LogP contribution in [0.4, 0.5) is 0 Å². The molecular formula is C16H18Br2N2. The van der Waals surface area contributed by atoms with Crippen molar-refractivity contribution in [2.75, 3.05) is 6.54 Å². The Morgan fingerprint density at radius 2 is 2.00 bits per heavy atom. The largest absolute Gasteiger partial charge is 0.306 e. The lowest BCUT2D eigenvalue weighted by molar-refractivity contribution is 0.595. The van der Waals surface area contributed by atoms with Gasteiger partial charge in [-0.3, -0.25) is 4.98 Å². The summed E-state index contributed by atoms with van der Waals surface area (Å²) in [6.07, 6.45) is 4.93. The summed E-state index contributed by atoms with van der Waals surface area (Å²) in [7, 11) is 0. The molecule has 0 aliphatic rings. The van der Waals surface area contributed by atoms with Crippen LogP contribution in [-0.2, 0) is 0 Å². The van der Waals surface area contributed by atoms with Gasteiger partial charge in [-0.1, -0.05) is 50.9 Å². The molecule has 1 heterocycles. The lowest BCUT2D eigenvalue weighted by atomic mass is 9.99. The number of hydrogen-bond acceptors (Lipinski definition) is 2. The first-order chi connectivity index (χ1) is 9.61. The van der Waals surface area contributed by atoms with Crippen LogP contribution in [0.3, 0.4) is 0 Å². The topological polar surface area (TPSA) is 24.9 Å². The smallest absolute Gasteiger partial charge is 0.0603 e. The van der Waals surface area contributed by atoms with E-state index >= 15 is 0 Å². The summed E-state index contributed by atoms with van der Waals surface area (Å²) in [6.45, 7) is 5.22. The molecule has 1 aromatic heterocycles. The van der Waals surface area contributed by atoms with Gasteiger partial charge in [0.25, 0.3) is 0 Å². The van der Waals surface area contributed by atoms with Crippen LogP contribution in [0.15, 0.2) is 45.6 Å². The zero-order chi connectivity index (χ0) is 14.5. The van der Waals surface area contributed by atoms with E-state index in [1.807, 2.05) is 12.4 Å². The Labute approximate surface area is 137 Å². The summed E-state index contributed by atoms with van der Waals surface area (Å²) in [6, 6.07) is 8.65. The molecule has 0 aliphatic carbocycles. The summed E-state index contributed by atoms with van der Waals surface area (Å²) in [5, 5.41) is 3.60. The fourth-order valence-corrected chi connectivity index (χ4v) is 3.44. The zero-order valence-corrected chi connectivity index (χ0v) is 14.8. The number of benzene rings is 1. The van der Waals surface area contributed by atoms with Crippen LogP contribution in [0.2, 0.25) is 0 Å². The maximum absolute atomic E-state index is 4.32. The predicted molar refractivity (Wildman–Crippen MR) is 91.0 cm³/mol. The highest BCUT2D eigenvalue weighted by molar-refractivity contribution is 9.11. The molecule has 20 heavy (non-hydrogen) atoms. The Kier molecular flexibility index (Phi) is 5.75. The van der Waals surface area contributed by atoms with Crippen LogP contribution in [0.1, 0.15) is 36.1 Å². The predicted octanol–water partition coefficient (Wildman–Crippen LogP) is 5.00. The molecule has 2 aromatic rings. The quantitative estimate of drug-likeness (QED) is 0.767. The number of pyridine rings is 1. The van der Waals surface area contributed by atoms with E-state index < -0.39 is 0 Å². The van der Waals surface area contributed by atoms with E-state index in [2.05, 4.69) is 80.3 Å². The Morgan fingerprint density at radius 1 is 1.20 bits per heavy atom. The minimum atomic E-state index is 0.157. The van der Waals surface area contributed by atoms with E-state index in [-0.39, 0.29) is 6.04 Å². The minimum Gasteiger partial charge on any atom is -0.306 e. The minimum absolute atomic E-state index is 0.157. The van der Waals surface area contributed by atoms with E-state index in [0.29, 0.717) is 0 Å². The molecule has 1 aromatic carbocycles. The maximum Gasteiger partial charge on any atom is 0.0603 e. The average Bonchev–Trinajstić information content (AvgIpc) is 2.41. The van der Waals surface area contributed by atoms with Gasteiger partial charge in [-0.15, -0.1) is 0 Å². The SMILES string of the molecule is CCCNC(c1cncc(C)c1)c1ccc(Br)cc1Br. The van der Waals surface area contributed by atoms with Crippen LogP contribution in [0.25, 0.3) is 0 Å². The number of aromatic nitrogens is 1. The summed E-state index contributed by atoms with van der Waals surface area (Å²) in [5.41, 5.74) is 3.61. The number of halogens is 2. The monoisotopic (exact) mass is 396 g/mol. The average molecular weight is 398 g/mol. The highest BCUT2D eigenvalue weighted by Gasteiger charge is 2.16. The standard InChI is InChI=1S/C16H18Br2N2/c1-3-6-20-16(12-7-11(2)9-19-10-12)14-5-4-13(17)8-15(14)18/h4-5,7-10,16,20H,3,6H2,1-2H3. The van der Waals surface area contributed by atoms with Gasteiger partial charge >= 0.3 is 0 Å². The molecule has 0 amide bonds. The van der Waals surface area contributed by atoms with Gasteiger partial charge in [0.1, 0.15) is 0 Å². The van der Waals surface area contributed by atoms with Crippen LogP contribution < -0.4 is 5.32 Å². The number of nitrogens with zero attached hydrogens (tertiary/aromatic N) is 1. The lowest BCUT2D eigenvalue weighted by Crippen LogP contribution is -2.23. The van der Waals surface area contributed by atoms with Crippen LogP contribution in [-0.4, -0.2) is 11.5 Å². The van der Waals surface area contributed by atoms with Crippen LogP contribution in [0, 0.1) is 6.92 Å². The molecule has 0 saturated carbocycles. The summed E-state index contributed by atoms with van der Waals surface area (Å²) in [4.78, 5) is 4.32. The van der Waals surface area contributed by atoms with Crippen LogP contribution in [0.5, 0.6) is 0 Å². The molecule has 0 aliphatic heterocycles. The van der Waals surface area contributed by atoms with Gasteiger partial charge in [-0.2, -0.15) is 0 Å². The van der Waals surface area contributed by atoms with E-state index in [4.69, 9.17) is 0 Å². The number of hydrogen-bond donors (Lipinski definition) is 1. The maximum atomic E-state index is 4.32. The molecule has 0 spiro atoms. The van der Waals surface area contributed by atoms with Gasteiger partial charge in [0.2, 0.25) is 0 Å². The van der Waals surface area contributed by atoms with E-state index in [9.17, 15) is 0 Å². The fourth-order valence-electron chi connectivity index (χ4n) is 2.17. The third-order valence-corrected chi connectivity index (χ3v) is 4.28. The Balaban J connectivity index is 2.41. The van der Waals surface area contributed by atoms with E-state index in [1.165, 1.54) is 16.7 Å². The third kappa shape index (κ3) is 3.90. The molecule has 0 fully saturated rings. The highest BCUT2D eigenvalue weighted by Crippen LogP contribution is 2.31. The third-order valence-electron chi connectivity index (χ3n) is 3.10. The highest BCUT2D eigenvalue weighted by atomic mass is 79.9. The second-order valence-corrected chi connectivity index (χ2v) is 6.62. The molecular weight excluding hydrogens is 380 g/mol. The molecule has 1 unspecified atom stereocenters. The van der Waals surface area contributed by atoms with Crippen molar-refractivity contribution < 1.29 is 0 Å². The van der Waals surface area contributed by atoms with Gasteiger partial charge in [0.05, 0.1) is 6.04 Å². The molecule has 2 rings (SSSR count). The van der Waals surface area contributed by atoms with Gasteiger partial charge in [-0.05, 0) is 48.7 Å². The second-order valence-electron chi connectivity index (χ2n) is 4.85. The first kappa shape index (κ1) is 15.7. The number of nitrogens with one attached hydrogen (secondary N) is 1. The Morgan fingerprint density at radius 3 is 2.65 bits per heavy atom. The van der Waals surface area contributed by atoms with Crippen molar-refractivity contribution in [1.82, 2.24) is 10.3 Å². The molecule has 1 N–H and O–H groups in total. The number of rotatable bonds is 5. The lowest BCUT2D eigenvalue weighted by Gasteiger charge is -2.21. The summed E-state index contributed by atoms with van der Waals surface area (Å²) >= 11 is 7.17. The normalized spacial score (nSPS) is 12.4. The van der Waals surface area contributed by atoms with E-state index in [0.717, 1.165) is 21.9 Å². The molecule has 0 radical (unpaired) electrons. The molecule has 2 nitrogen and oxygen atoms in total. The van der Waals surface area contributed by atoms with Crippen molar-refractivity contribution in [3.8, 4) is 0 Å². The molecule has 0 bridgehead atoms. The van der Waals surface area contributed by atoms with Crippen molar-refractivity contribution in [1.29, 1.82) is 0 Å². The van der Waals surface area contributed by atoms with Gasteiger partial charge < -0.3 is 5.32 Å². The Bertz CT molecular complexity index is 584. The molecule has 0 saturated heterocycles. The van der Waals surface area contributed by atoms with E-state index in [1.54, 1.807) is 0 Å². The van der Waals surface area contributed by atoms with Crippen molar-refractivity contribution in [2.24, 2.45) is 0 Å². The van der Waals surface area contributed by atoms with Crippen molar-refractivity contribution in [2.45, 2.75) is 26.3 Å². The number of aryl methyl sites for hydroxylation is 1. The van der Waals surface area contributed by atoms with Crippen molar-refractivity contribution >= 4 is 31.9 Å².